The summed E-state index contributed by atoms with van der Waals surface area (Å²) >= 11 is 2.08. The van der Waals surface area contributed by atoms with Crippen molar-refractivity contribution in [1.29, 1.82) is 0 Å². The molecule has 0 atom stereocenters. The Bertz CT molecular complexity index is 631. The van der Waals surface area contributed by atoms with Gasteiger partial charge in [-0.05, 0) is 55.4 Å². The quantitative estimate of drug-likeness (QED) is 0.641. The van der Waals surface area contributed by atoms with Crippen molar-refractivity contribution in [2.24, 2.45) is 10.7 Å². The Kier molecular flexibility index (Phi) is 5.23. The number of fused-ring (bicyclic) bond motifs is 1. The number of nitrogens with one attached hydrogen (secondary N) is 1. The van der Waals surface area contributed by atoms with Crippen LogP contribution in [0, 0.1) is 0 Å². The number of hydrogen-bond acceptors (Lipinski definition) is 3. The Morgan fingerprint density at radius 2 is 1.88 bits per heavy atom. The standard InChI is InChI=1S/C20H30N4S/c21-19(23-18-7-6-16-4-3-5-17(16)14-18)22-15-20(8-1-2-9-20)24-10-12-25-13-11-24/h6-7,14H,1-5,8-13,15H2,(H3,21,22,23). The van der Waals surface area contributed by atoms with E-state index in [1.165, 1.54) is 80.7 Å². The van der Waals surface area contributed by atoms with Gasteiger partial charge in [0.15, 0.2) is 5.96 Å². The predicted octanol–water partition coefficient (Wildman–Crippen LogP) is 3.26. The molecule has 4 nitrogen and oxygen atoms in total. The Hall–Kier alpha value is -1.20. The second-order valence-corrected chi connectivity index (χ2v) is 8.92. The molecule has 2 fully saturated rings. The van der Waals surface area contributed by atoms with Crippen molar-refractivity contribution in [1.82, 2.24) is 4.90 Å². The lowest BCUT2D eigenvalue weighted by atomic mass is 9.95. The SMILES string of the molecule is NC(=NCC1(N2CCSCC2)CCCC1)Nc1ccc2c(c1)CCC2. The molecule has 0 amide bonds. The molecule has 0 unspecified atom stereocenters. The van der Waals surface area contributed by atoms with Crippen molar-refractivity contribution >= 4 is 23.4 Å². The summed E-state index contributed by atoms with van der Waals surface area (Å²) in [7, 11) is 0. The van der Waals surface area contributed by atoms with Crippen LogP contribution < -0.4 is 11.1 Å². The van der Waals surface area contributed by atoms with Crippen LogP contribution in [-0.4, -0.2) is 47.5 Å². The monoisotopic (exact) mass is 358 g/mol. The molecule has 1 aliphatic heterocycles. The largest absolute Gasteiger partial charge is 0.370 e. The van der Waals surface area contributed by atoms with E-state index in [1.54, 1.807) is 0 Å². The van der Waals surface area contributed by atoms with Gasteiger partial charge < -0.3 is 11.1 Å². The zero-order chi connectivity index (χ0) is 17.1. The first-order valence-corrected chi connectivity index (χ1v) is 10.9. The first-order chi connectivity index (χ1) is 12.3. The lowest BCUT2D eigenvalue weighted by molar-refractivity contribution is 0.112. The third-order valence-corrected chi connectivity index (χ3v) is 7.07. The van der Waals surface area contributed by atoms with Crippen LogP contribution in [0.1, 0.15) is 43.2 Å². The maximum Gasteiger partial charge on any atom is 0.193 e. The fourth-order valence-corrected chi connectivity index (χ4v) is 5.62. The van der Waals surface area contributed by atoms with Gasteiger partial charge in [-0.3, -0.25) is 9.89 Å². The summed E-state index contributed by atoms with van der Waals surface area (Å²) in [6.45, 7) is 3.25. The normalized spacial score (nSPS) is 23.6. The molecule has 1 aromatic rings. The molecule has 5 heteroatoms. The Balaban J connectivity index is 1.42. The van der Waals surface area contributed by atoms with Crippen LogP contribution in [0.4, 0.5) is 5.69 Å². The average Bonchev–Trinajstić information content (AvgIpc) is 3.30. The number of anilines is 1. The van der Waals surface area contributed by atoms with Crippen molar-refractivity contribution < 1.29 is 0 Å². The van der Waals surface area contributed by atoms with Crippen LogP contribution in [-0.2, 0) is 12.8 Å². The third kappa shape index (κ3) is 3.82. The number of benzene rings is 1. The number of guanidine groups is 1. The molecule has 0 bridgehead atoms. The molecule has 1 heterocycles. The summed E-state index contributed by atoms with van der Waals surface area (Å²) in [5.74, 6) is 3.08. The van der Waals surface area contributed by atoms with Gasteiger partial charge in [0.05, 0.1) is 6.54 Å². The van der Waals surface area contributed by atoms with Gasteiger partial charge in [-0.15, -0.1) is 0 Å². The summed E-state index contributed by atoms with van der Waals surface area (Å²) in [6.07, 6.45) is 8.89. The molecule has 3 aliphatic rings. The van der Waals surface area contributed by atoms with E-state index in [0.29, 0.717) is 5.96 Å². The molecular weight excluding hydrogens is 328 g/mol. The fraction of sp³-hybridized carbons (Fsp3) is 0.650. The summed E-state index contributed by atoms with van der Waals surface area (Å²) in [4.78, 5) is 7.47. The summed E-state index contributed by atoms with van der Waals surface area (Å²) in [6, 6.07) is 6.62. The molecule has 0 radical (unpaired) electrons. The zero-order valence-electron chi connectivity index (χ0n) is 15.1. The molecular formula is C20H30N4S. The number of rotatable bonds is 4. The minimum atomic E-state index is 0.255. The molecule has 2 aliphatic carbocycles. The summed E-state index contributed by atoms with van der Waals surface area (Å²) in [5, 5.41) is 3.32. The minimum absolute atomic E-state index is 0.255. The van der Waals surface area contributed by atoms with Gasteiger partial charge in [-0.2, -0.15) is 11.8 Å². The van der Waals surface area contributed by atoms with Crippen molar-refractivity contribution in [2.75, 3.05) is 36.5 Å². The van der Waals surface area contributed by atoms with Crippen LogP contribution in [0.5, 0.6) is 0 Å². The Morgan fingerprint density at radius 3 is 2.68 bits per heavy atom. The lowest BCUT2D eigenvalue weighted by Crippen LogP contribution is -2.52. The van der Waals surface area contributed by atoms with Gasteiger partial charge in [0, 0.05) is 35.8 Å². The maximum atomic E-state index is 6.23. The number of aliphatic imine (C=N–C) groups is 1. The maximum absolute atomic E-state index is 6.23. The van der Waals surface area contributed by atoms with Gasteiger partial charge in [0.1, 0.15) is 0 Å². The molecule has 136 valence electrons. The van der Waals surface area contributed by atoms with E-state index in [4.69, 9.17) is 10.7 Å². The van der Waals surface area contributed by atoms with Crippen LogP contribution in [0.25, 0.3) is 0 Å². The highest BCUT2D eigenvalue weighted by atomic mass is 32.2. The van der Waals surface area contributed by atoms with Gasteiger partial charge in [-0.1, -0.05) is 18.9 Å². The summed E-state index contributed by atoms with van der Waals surface area (Å²) < 4.78 is 0. The highest BCUT2D eigenvalue weighted by Gasteiger charge is 2.39. The first kappa shape index (κ1) is 17.2. The molecule has 0 aromatic heterocycles. The number of nitrogens with zero attached hydrogens (tertiary/aromatic N) is 2. The van der Waals surface area contributed by atoms with Crippen LogP contribution in [0.3, 0.4) is 0 Å². The minimum Gasteiger partial charge on any atom is -0.370 e. The molecule has 1 aromatic carbocycles. The number of nitrogens with two attached hydrogens (primary N) is 1. The molecule has 0 spiro atoms. The first-order valence-electron chi connectivity index (χ1n) is 9.77. The summed E-state index contributed by atoms with van der Waals surface area (Å²) in [5.41, 5.74) is 10.5. The highest BCUT2D eigenvalue weighted by molar-refractivity contribution is 7.99. The molecule has 1 saturated heterocycles. The Morgan fingerprint density at radius 1 is 1.12 bits per heavy atom. The fourth-order valence-electron chi connectivity index (χ4n) is 4.71. The number of aryl methyl sites for hydroxylation is 2. The Labute approximate surface area is 155 Å². The second-order valence-electron chi connectivity index (χ2n) is 7.69. The van der Waals surface area contributed by atoms with Crippen LogP contribution in [0.2, 0.25) is 0 Å². The van der Waals surface area contributed by atoms with E-state index in [2.05, 4.69) is 40.2 Å². The molecule has 1 saturated carbocycles. The van der Waals surface area contributed by atoms with E-state index >= 15 is 0 Å². The zero-order valence-corrected chi connectivity index (χ0v) is 15.9. The number of hydrogen-bond donors (Lipinski definition) is 2. The van der Waals surface area contributed by atoms with E-state index < -0.39 is 0 Å². The third-order valence-electron chi connectivity index (χ3n) is 6.13. The van der Waals surface area contributed by atoms with E-state index in [0.717, 1.165) is 12.2 Å². The van der Waals surface area contributed by atoms with Gasteiger partial charge in [-0.25, -0.2) is 0 Å². The molecule has 3 N–H and O–H groups in total. The van der Waals surface area contributed by atoms with E-state index in [-0.39, 0.29) is 5.54 Å². The van der Waals surface area contributed by atoms with E-state index in [1.807, 2.05) is 0 Å². The predicted molar refractivity (Wildman–Crippen MR) is 109 cm³/mol. The smallest absolute Gasteiger partial charge is 0.193 e. The van der Waals surface area contributed by atoms with Gasteiger partial charge in [0.25, 0.3) is 0 Å². The average molecular weight is 359 g/mol. The van der Waals surface area contributed by atoms with E-state index in [9.17, 15) is 0 Å². The van der Waals surface area contributed by atoms with Gasteiger partial charge in [0.2, 0.25) is 0 Å². The van der Waals surface area contributed by atoms with Crippen molar-refractivity contribution in [3.63, 3.8) is 0 Å². The lowest BCUT2D eigenvalue weighted by Gasteiger charge is -2.42. The number of thioether (sulfide) groups is 1. The highest BCUT2D eigenvalue weighted by Crippen LogP contribution is 2.37. The van der Waals surface area contributed by atoms with Crippen LogP contribution >= 0.6 is 11.8 Å². The van der Waals surface area contributed by atoms with Crippen molar-refractivity contribution in [3.05, 3.63) is 29.3 Å². The molecule has 4 rings (SSSR count). The second kappa shape index (κ2) is 7.58. The van der Waals surface area contributed by atoms with Crippen molar-refractivity contribution in [3.8, 4) is 0 Å². The van der Waals surface area contributed by atoms with Gasteiger partial charge >= 0.3 is 0 Å². The molecule has 25 heavy (non-hydrogen) atoms. The topological polar surface area (TPSA) is 53.6 Å². The van der Waals surface area contributed by atoms with Crippen molar-refractivity contribution in [2.45, 2.75) is 50.5 Å². The van der Waals surface area contributed by atoms with Crippen LogP contribution in [0.15, 0.2) is 23.2 Å².